The van der Waals surface area contributed by atoms with E-state index in [0.717, 1.165) is 12.5 Å². The molecule has 1 aromatic heterocycles. The Bertz CT molecular complexity index is 413. The maximum atomic E-state index is 13.4. The molecule has 1 atom stereocenters. The van der Waals surface area contributed by atoms with E-state index < -0.39 is 11.9 Å². The molecule has 16 heavy (non-hydrogen) atoms. The van der Waals surface area contributed by atoms with Crippen molar-refractivity contribution in [3.63, 3.8) is 0 Å². The van der Waals surface area contributed by atoms with Crippen molar-refractivity contribution in [2.75, 3.05) is 11.9 Å². The van der Waals surface area contributed by atoms with Crippen LogP contribution in [0.25, 0.3) is 0 Å². The molecule has 86 valence electrons. The van der Waals surface area contributed by atoms with Crippen molar-refractivity contribution in [1.29, 1.82) is 0 Å². The molecule has 0 aromatic carbocycles. The van der Waals surface area contributed by atoms with Crippen molar-refractivity contribution in [3.05, 3.63) is 23.1 Å². The van der Waals surface area contributed by atoms with E-state index in [1.54, 1.807) is 0 Å². The van der Waals surface area contributed by atoms with E-state index in [2.05, 4.69) is 15.6 Å². The summed E-state index contributed by atoms with van der Waals surface area (Å²) < 4.78 is 13.4. The summed E-state index contributed by atoms with van der Waals surface area (Å²) in [5, 5.41) is 5.71. The van der Waals surface area contributed by atoms with Crippen LogP contribution in [-0.2, 0) is 4.79 Å². The molecular weight excluding hydrogens is 233 g/mol. The Hall–Kier alpha value is -1.36. The number of carbonyl (C=O) groups is 1. The van der Waals surface area contributed by atoms with Crippen LogP contribution in [0.3, 0.4) is 0 Å². The first-order valence-corrected chi connectivity index (χ1v) is 5.40. The van der Waals surface area contributed by atoms with Gasteiger partial charge >= 0.3 is 0 Å². The number of hydrogen-bond donors (Lipinski definition) is 2. The molecule has 2 N–H and O–H groups in total. The Morgan fingerprint density at radius 3 is 3.12 bits per heavy atom. The fourth-order valence-corrected chi connectivity index (χ4v) is 1.74. The number of pyridine rings is 1. The van der Waals surface area contributed by atoms with Gasteiger partial charge in [0.05, 0.1) is 5.02 Å². The lowest BCUT2D eigenvalue weighted by Crippen LogP contribution is -2.44. The number of nitrogens with one attached hydrogen (secondary N) is 2. The van der Waals surface area contributed by atoms with E-state index in [4.69, 9.17) is 11.6 Å². The van der Waals surface area contributed by atoms with E-state index in [1.807, 2.05) is 0 Å². The van der Waals surface area contributed by atoms with Gasteiger partial charge in [-0.25, -0.2) is 9.37 Å². The molecular formula is C10H11ClFN3O. The number of amides is 1. The summed E-state index contributed by atoms with van der Waals surface area (Å²) in [6.07, 6.45) is 2.89. The highest BCUT2D eigenvalue weighted by molar-refractivity contribution is 6.30. The fraction of sp³-hybridized carbons (Fsp3) is 0.400. The summed E-state index contributed by atoms with van der Waals surface area (Å²) >= 11 is 5.58. The van der Waals surface area contributed by atoms with E-state index >= 15 is 0 Å². The summed E-state index contributed by atoms with van der Waals surface area (Å²) in [7, 11) is 0. The third-order valence-electron chi connectivity index (χ3n) is 2.40. The third-order valence-corrected chi connectivity index (χ3v) is 2.61. The molecule has 0 radical (unpaired) electrons. The van der Waals surface area contributed by atoms with Gasteiger partial charge in [-0.1, -0.05) is 11.6 Å². The molecule has 2 rings (SSSR count). The van der Waals surface area contributed by atoms with Crippen molar-refractivity contribution in [3.8, 4) is 0 Å². The van der Waals surface area contributed by atoms with Crippen LogP contribution in [0.1, 0.15) is 12.8 Å². The van der Waals surface area contributed by atoms with Crippen molar-refractivity contribution in [2.45, 2.75) is 18.9 Å². The van der Waals surface area contributed by atoms with Gasteiger partial charge in [-0.3, -0.25) is 4.79 Å². The number of aromatic nitrogens is 1. The lowest BCUT2D eigenvalue weighted by atomic mass is 10.1. The SMILES string of the molecule is O=C1NCCC[C@@H]1Nc1ncc(Cl)cc1F. The van der Waals surface area contributed by atoms with Gasteiger partial charge in [0.25, 0.3) is 0 Å². The Labute approximate surface area is 97.2 Å². The number of piperidine rings is 1. The van der Waals surface area contributed by atoms with Crippen molar-refractivity contribution < 1.29 is 9.18 Å². The van der Waals surface area contributed by atoms with Crippen molar-refractivity contribution in [1.82, 2.24) is 10.3 Å². The van der Waals surface area contributed by atoms with Crippen molar-refractivity contribution >= 4 is 23.3 Å². The molecule has 0 bridgehead atoms. The zero-order valence-corrected chi connectivity index (χ0v) is 9.22. The molecule has 1 aromatic rings. The zero-order valence-electron chi connectivity index (χ0n) is 8.46. The molecule has 2 heterocycles. The maximum absolute atomic E-state index is 13.4. The minimum Gasteiger partial charge on any atom is -0.356 e. The first-order chi connectivity index (χ1) is 7.66. The third kappa shape index (κ3) is 2.41. The smallest absolute Gasteiger partial charge is 0.242 e. The predicted molar refractivity (Wildman–Crippen MR) is 58.9 cm³/mol. The molecule has 4 nitrogen and oxygen atoms in total. The second-order valence-corrected chi connectivity index (χ2v) is 4.05. The first-order valence-electron chi connectivity index (χ1n) is 5.02. The second-order valence-electron chi connectivity index (χ2n) is 3.61. The average Bonchev–Trinajstić information content (AvgIpc) is 2.25. The van der Waals surface area contributed by atoms with Crippen LogP contribution in [-0.4, -0.2) is 23.5 Å². The lowest BCUT2D eigenvalue weighted by molar-refractivity contribution is -0.123. The van der Waals surface area contributed by atoms with Gasteiger partial charge < -0.3 is 10.6 Å². The molecule has 0 saturated carbocycles. The largest absolute Gasteiger partial charge is 0.356 e. The topological polar surface area (TPSA) is 54.0 Å². The number of hydrogen-bond acceptors (Lipinski definition) is 3. The maximum Gasteiger partial charge on any atom is 0.242 e. The van der Waals surface area contributed by atoms with Crippen LogP contribution < -0.4 is 10.6 Å². The minimum absolute atomic E-state index is 0.0615. The molecule has 1 saturated heterocycles. The minimum atomic E-state index is -0.550. The predicted octanol–water partition coefficient (Wildman–Crippen LogP) is 1.56. The van der Waals surface area contributed by atoms with Gasteiger partial charge in [0, 0.05) is 12.7 Å². The molecule has 1 aliphatic heterocycles. The molecule has 1 fully saturated rings. The molecule has 0 aliphatic carbocycles. The van der Waals surface area contributed by atoms with Crippen LogP contribution in [0.2, 0.25) is 5.02 Å². The van der Waals surface area contributed by atoms with Crippen LogP contribution in [0.4, 0.5) is 10.2 Å². The lowest BCUT2D eigenvalue weighted by Gasteiger charge is -2.23. The Morgan fingerprint density at radius 2 is 2.44 bits per heavy atom. The molecule has 0 spiro atoms. The second kappa shape index (κ2) is 4.65. The molecule has 0 unspecified atom stereocenters. The highest BCUT2D eigenvalue weighted by Crippen LogP contribution is 2.18. The van der Waals surface area contributed by atoms with Gasteiger partial charge in [-0.15, -0.1) is 0 Å². The Balaban J connectivity index is 2.10. The van der Waals surface area contributed by atoms with Crippen LogP contribution in [0, 0.1) is 5.82 Å². The average molecular weight is 244 g/mol. The first kappa shape index (κ1) is 11.1. The summed E-state index contributed by atoms with van der Waals surface area (Å²) in [4.78, 5) is 15.2. The van der Waals surface area contributed by atoms with Gasteiger partial charge in [0.2, 0.25) is 5.91 Å². The number of rotatable bonds is 2. The highest BCUT2D eigenvalue weighted by Gasteiger charge is 2.22. The zero-order chi connectivity index (χ0) is 11.5. The molecule has 1 aliphatic rings. The summed E-state index contributed by atoms with van der Waals surface area (Å²) in [6.45, 7) is 0.674. The number of nitrogens with zero attached hydrogens (tertiary/aromatic N) is 1. The Kier molecular flexibility index (Phi) is 3.24. The van der Waals surface area contributed by atoms with Gasteiger partial charge in [-0.2, -0.15) is 0 Å². The van der Waals surface area contributed by atoms with E-state index in [0.29, 0.717) is 13.0 Å². The summed E-state index contributed by atoms with van der Waals surface area (Å²) in [6, 6.07) is 0.745. The van der Waals surface area contributed by atoms with E-state index in [9.17, 15) is 9.18 Å². The van der Waals surface area contributed by atoms with E-state index in [1.165, 1.54) is 6.20 Å². The highest BCUT2D eigenvalue weighted by atomic mass is 35.5. The molecule has 1 amide bonds. The standard InChI is InChI=1S/C10H11ClFN3O/c11-6-4-7(12)9(14-5-6)15-8-2-1-3-13-10(8)16/h4-5,8H,1-3H2,(H,13,16)(H,14,15)/t8-/m0/s1. The number of anilines is 1. The summed E-state index contributed by atoms with van der Waals surface area (Å²) in [5.74, 6) is -0.611. The van der Waals surface area contributed by atoms with Crippen LogP contribution in [0.15, 0.2) is 12.3 Å². The van der Waals surface area contributed by atoms with Crippen molar-refractivity contribution in [2.24, 2.45) is 0 Å². The Morgan fingerprint density at radius 1 is 1.62 bits per heavy atom. The summed E-state index contributed by atoms with van der Waals surface area (Å²) in [5.41, 5.74) is 0. The van der Waals surface area contributed by atoms with Crippen LogP contribution >= 0.6 is 11.6 Å². The fourth-order valence-electron chi connectivity index (χ4n) is 1.60. The quantitative estimate of drug-likeness (QED) is 0.829. The van der Waals surface area contributed by atoms with Gasteiger partial charge in [0.1, 0.15) is 6.04 Å². The molecule has 6 heteroatoms. The number of halogens is 2. The van der Waals surface area contributed by atoms with Crippen LogP contribution in [0.5, 0.6) is 0 Å². The van der Waals surface area contributed by atoms with Gasteiger partial charge in [-0.05, 0) is 18.9 Å². The normalized spacial score (nSPS) is 20.4. The number of carbonyl (C=O) groups excluding carboxylic acids is 1. The monoisotopic (exact) mass is 243 g/mol. The van der Waals surface area contributed by atoms with Gasteiger partial charge in [0.15, 0.2) is 11.6 Å². The van der Waals surface area contributed by atoms with E-state index in [-0.39, 0.29) is 16.7 Å².